The first-order chi connectivity index (χ1) is 14.3. The molecule has 8 nitrogen and oxygen atoms in total. The summed E-state index contributed by atoms with van der Waals surface area (Å²) in [5.41, 5.74) is 0.127. The van der Waals surface area contributed by atoms with Gasteiger partial charge in [0.05, 0.1) is 15.6 Å². The molecule has 0 atom stereocenters. The number of aryl methyl sites for hydroxylation is 1. The van der Waals surface area contributed by atoms with E-state index in [1.807, 2.05) is 0 Å². The molecule has 1 amide bonds. The van der Waals surface area contributed by atoms with Crippen LogP contribution in [0, 0.1) is 6.92 Å². The molecule has 1 aromatic carbocycles. The first-order valence-electron chi connectivity index (χ1n) is 9.60. The lowest BCUT2D eigenvalue weighted by molar-refractivity contribution is -0.119. The largest absolute Gasteiger partial charge is 0.454 e. The molecule has 0 unspecified atom stereocenters. The number of nitrogens with zero attached hydrogens (tertiary/aromatic N) is 1. The second-order valence-corrected chi connectivity index (χ2v) is 9.34. The number of hydrogen-bond acceptors (Lipinski definition) is 6. The Morgan fingerprint density at radius 3 is 2.47 bits per heavy atom. The molecule has 30 heavy (non-hydrogen) atoms. The van der Waals surface area contributed by atoms with Crippen LogP contribution in [-0.2, 0) is 19.6 Å². The number of benzene rings is 1. The molecule has 10 heteroatoms. The molecule has 3 rings (SSSR count). The van der Waals surface area contributed by atoms with E-state index in [0.29, 0.717) is 18.8 Å². The van der Waals surface area contributed by atoms with Crippen molar-refractivity contribution in [3.63, 3.8) is 0 Å². The zero-order chi connectivity index (χ0) is 21.7. The lowest BCUT2D eigenvalue weighted by Gasteiger charge is -2.20. The monoisotopic (exact) mass is 454 g/mol. The Labute approximate surface area is 180 Å². The molecular formula is C20H23ClN2O6S. The van der Waals surface area contributed by atoms with Gasteiger partial charge in [-0.05, 0) is 50.1 Å². The first kappa shape index (κ1) is 22.3. The van der Waals surface area contributed by atoms with Gasteiger partial charge in [0.25, 0.3) is 5.91 Å². The summed E-state index contributed by atoms with van der Waals surface area (Å²) in [5.74, 6) is -0.899. The number of nitrogens with one attached hydrogen (secondary N) is 1. The van der Waals surface area contributed by atoms with Crippen molar-refractivity contribution < 1.29 is 27.2 Å². The maximum Gasteiger partial charge on any atom is 0.374 e. The van der Waals surface area contributed by atoms with Crippen LogP contribution in [0.25, 0.3) is 0 Å². The van der Waals surface area contributed by atoms with Gasteiger partial charge in [-0.25, -0.2) is 13.2 Å². The summed E-state index contributed by atoms with van der Waals surface area (Å²) in [6, 6.07) is 7.20. The summed E-state index contributed by atoms with van der Waals surface area (Å²) in [6.07, 6.45) is 3.64. The Morgan fingerprint density at radius 1 is 1.13 bits per heavy atom. The molecule has 1 aliphatic rings. The number of carbonyl (C=O) groups is 2. The number of hydrogen-bond donors (Lipinski definition) is 1. The van der Waals surface area contributed by atoms with Crippen LogP contribution < -0.4 is 5.32 Å². The minimum atomic E-state index is -3.69. The van der Waals surface area contributed by atoms with Crippen LogP contribution in [0.15, 0.2) is 39.6 Å². The summed E-state index contributed by atoms with van der Waals surface area (Å²) >= 11 is 6.12. The predicted octanol–water partition coefficient (Wildman–Crippen LogP) is 3.60. The van der Waals surface area contributed by atoms with Crippen molar-refractivity contribution in [2.75, 3.05) is 25.0 Å². The molecule has 1 aliphatic heterocycles. The van der Waals surface area contributed by atoms with Crippen LogP contribution in [0.5, 0.6) is 0 Å². The number of sulfonamides is 1. The molecule has 1 aromatic heterocycles. The number of rotatable bonds is 6. The lowest BCUT2D eigenvalue weighted by Crippen LogP contribution is -2.32. The molecule has 0 radical (unpaired) electrons. The van der Waals surface area contributed by atoms with Crippen LogP contribution in [-0.4, -0.2) is 44.3 Å². The summed E-state index contributed by atoms with van der Waals surface area (Å²) in [4.78, 5) is 24.1. The van der Waals surface area contributed by atoms with E-state index in [4.69, 9.17) is 20.8 Å². The summed E-state index contributed by atoms with van der Waals surface area (Å²) < 4.78 is 37.4. The predicted molar refractivity (Wildman–Crippen MR) is 111 cm³/mol. The molecule has 2 aromatic rings. The van der Waals surface area contributed by atoms with Gasteiger partial charge in [-0.15, -0.1) is 0 Å². The molecule has 0 bridgehead atoms. The van der Waals surface area contributed by atoms with Crippen LogP contribution in [0.3, 0.4) is 0 Å². The number of esters is 1. The van der Waals surface area contributed by atoms with E-state index in [-0.39, 0.29) is 21.4 Å². The van der Waals surface area contributed by atoms with Crippen molar-refractivity contribution in [3.8, 4) is 0 Å². The van der Waals surface area contributed by atoms with Crippen LogP contribution in [0.4, 0.5) is 5.69 Å². The topological polar surface area (TPSA) is 106 Å². The molecule has 162 valence electrons. The number of halogens is 1. The average Bonchev–Trinajstić information content (AvgIpc) is 2.97. The van der Waals surface area contributed by atoms with Gasteiger partial charge >= 0.3 is 5.97 Å². The minimum absolute atomic E-state index is 0.0103. The zero-order valence-corrected chi connectivity index (χ0v) is 18.1. The molecular weight excluding hydrogens is 432 g/mol. The van der Waals surface area contributed by atoms with Crippen molar-refractivity contribution in [1.29, 1.82) is 0 Å². The molecule has 2 heterocycles. The Balaban J connectivity index is 1.67. The van der Waals surface area contributed by atoms with Gasteiger partial charge in [0.2, 0.25) is 15.8 Å². The Morgan fingerprint density at radius 2 is 1.83 bits per heavy atom. The highest BCUT2D eigenvalue weighted by Crippen LogP contribution is 2.28. The van der Waals surface area contributed by atoms with Crippen molar-refractivity contribution in [1.82, 2.24) is 4.31 Å². The van der Waals surface area contributed by atoms with Crippen molar-refractivity contribution in [2.45, 2.75) is 37.5 Å². The van der Waals surface area contributed by atoms with E-state index in [9.17, 15) is 18.0 Å². The molecule has 1 fully saturated rings. The van der Waals surface area contributed by atoms with Gasteiger partial charge in [0.1, 0.15) is 5.76 Å². The van der Waals surface area contributed by atoms with Crippen molar-refractivity contribution in [3.05, 3.63) is 46.9 Å². The van der Waals surface area contributed by atoms with Crippen molar-refractivity contribution >= 4 is 39.2 Å². The standard InChI is InChI=1S/C20H23ClN2O6S/c1-14-6-9-18(29-14)20(25)28-13-19(24)22-17-12-15(7-8-16(17)21)30(26,27)23-10-4-2-3-5-11-23/h6-9,12H,2-5,10-11,13H2,1H3,(H,22,24). The van der Waals surface area contributed by atoms with E-state index < -0.39 is 28.5 Å². The highest BCUT2D eigenvalue weighted by atomic mass is 35.5. The van der Waals surface area contributed by atoms with Crippen LogP contribution in [0.2, 0.25) is 5.02 Å². The third-order valence-electron chi connectivity index (χ3n) is 4.69. The van der Waals surface area contributed by atoms with Gasteiger partial charge in [-0.3, -0.25) is 4.79 Å². The second-order valence-electron chi connectivity index (χ2n) is 6.99. The van der Waals surface area contributed by atoms with E-state index in [0.717, 1.165) is 25.7 Å². The number of ether oxygens (including phenoxy) is 1. The number of carbonyl (C=O) groups excluding carboxylic acids is 2. The second kappa shape index (κ2) is 9.63. The lowest BCUT2D eigenvalue weighted by atomic mass is 10.2. The van der Waals surface area contributed by atoms with E-state index in [1.54, 1.807) is 13.0 Å². The van der Waals surface area contributed by atoms with E-state index >= 15 is 0 Å². The fourth-order valence-corrected chi connectivity index (χ4v) is 4.83. The van der Waals surface area contributed by atoms with Gasteiger partial charge in [0, 0.05) is 13.1 Å². The highest BCUT2D eigenvalue weighted by Gasteiger charge is 2.26. The maximum atomic E-state index is 13.0. The summed E-state index contributed by atoms with van der Waals surface area (Å²) in [6.45, 7) is 2.04. The minimum Gasteiger partial charge on any atom is -0.454 e. The fourth-order valence-electron chi connectivity index (χ4n) is 3.12. The third kappa shape index (κ3) is 5.41. The Hall–Kier alpha value is -2.36. The van der Waals surface area contributed by atoms with Crippen LogP contribution in [0.1, 0.15) is 42.0 Å². The van der Waals surface area contributed by atoms with Gasteiger partial charge in [-0.1, -0.05) is 24.4 Å². The Bertz CT molecular complexity index is 1030. The average molecular weight is 455 g/mol. The van der Waals surface area contributed by atoms with E-state index in [2.05, 4.69) is 5.32 Å². The Kier molecular flexibility index (Phi) is 7.17. The first-order valence-corrected chi connectivity index (χ1v) is 11.4. The highest BCUT2D eigenvalue weighted by molar-refractivity contribution is 7.89. The fraction of sp³-hybridized carbons (Fsp3) is 0.400. The molecule has 1 N–H and O–H groups in total. The third-order valence-corrected chi connectivity index (χ3v) is 6.91. The summed E-state index contributed by atoms with van der Waals surface area (Å²) in [7, 11) is -3.69. The SMILES string of the molecule is Cc1ccc(C(=O)OCC(=O)Nc2cc(S(=O)(=O)N3CCCCCC3)ccc2Cl)o1. The zero-order valence-electron chi connectivity index (χ0n) is 16.5. The van der Waals surface area contributed by atoms with E-state index in [1.165, 1.54) is 28.6 Å². The maximum absolute atomic E-state index is 13.0. The normalized spacial score (nSPS) is 15.4. The van der Waals surface area contributed by atoms with Gasteiger partial charge < -0.3 is 14.5 Å². The van der Waals surface area contributed by atoms with Crippen LogP contribution >= 0.6 is 11.6 Å². The number of anilines is 1. The van der Waals surface area contributed by atoms with Gasteiger partial charge in [-0.2, -0.15) is 4.31 Å². The molecule has 0 aliphatic carbocycles. The van der Waals surface area contributed by atoms with Gasteiger partial charge in [0.15, 0.2) is 6.61 Å². The molecule has 1 saturated heterocycles. The quantitative estimate of drug-likeness (QED) is 0.668. The molecule has 0 saturated carbocycles. The number of amides is 1. The van der Waals surface area contributed by atoms with Crippen molar-refractivity contribution in [2.24, 2.45) is 0 Å². The smallest absolute Gasteiger partial charge is 0.374 e. The summed E-state index contributed by atoms with van der Waals surface area (Å²) in [5, 5.41) is 2.66. The molecule has 0 spiro atoms. The number of furan rings is 1.